The van der Waals surface area contributed by atoms with Gasteiger partial charge in [0, 0.05) is 19.5 Å². The molecule has 98 valence electrons. The molecule has 3 heteroatoms. The number of rotatable bonds is 4. The van der Waals surface area contributed by atoms with Crippen LogP contribution in [-0.4, -0.2) is 22.5 Å². The summed E-state index contributed by atoms with van der Waals surface area (Å²) >= 11 is 0. The molecular formula is C16H17NO2. The van der Waals surface area contributed by atoms with E-state index in [1.165, 1.54) is 21.9 Å². The third kappa shape index (κ3) is 2.47. The summed E-state index contributed by atoms with van der Waals surface area (Å²) in [4.78, 5) is 12.9. The van der Waals surface area contributed by atoms with E-state index in [1.807, 2.05) is 0 Å². The lowest BCUT2D eigenvalue weighted by molar-refractivity contribution is -0.137. The number of nitrogens with zero attached hydrogens (tertiary/aromatic N) is 1. The lowest BCUT2D eigenvalue weighted by atomic mass is 9.95. The molecule has 0 saturated carbocycles. The Morgan fingerprint density at radius 3 is 2.32 bits per heavy atom. The van der Waals surface area contributed by atoms with Crippen molar-refractivity contribution in [2.75, 3.05) is 6.54 Å². The van der Waals surface area contributed by atoms with E-state index in [4.69, 9.17) is 5.11 Å². The Kier molecular flexibility index (Phi) is 3.22. The summed E-state index contributed by atoms with van der Waals surface area (Å²) in [7, 11) is 0. The van der Waals surface area contributed by atoms with E-state index < -0.39 is 5.97 Å². The van der Waals surface area contributed by atoms with Crippen molar-refractivity contribution >= 4 is 16.7 Å². The van der Waals surface area contributed by atoms with Gasteiger partial charge in [0.05, 0.1) is 0 Å². The molecule has 2 aromatic rings. The van der Waals surface area contributed by atoms with Crippen molar-refractivity contribution in [1.29, 1.82) is 0 Å². The predicted octanol–water partition coefficient (Wildman–Crippen LogP) is 3.02. The molecule has 0 spiro atoms. The van der Waals surface area contributed by atoms with Gasteiger partial charge in [-0.25, -0.2) is 0 Å². The fraction of sp³-hybridized carbons (Fsp3) is 0.312. The highest BCUT2D eigenvalue weighted by Gasteiger charge is 2.17. The number of hydrogen-bond acceptors (Lipinski definition) is 2. The van der Waals surface area contributed by atoms with Crippen LogP contribution in [0, 0.1) is 0 Å². The predicted molar refractivity (Wildman–Crippen MR) is 74.9 cm³/mol. The van der Waals surface area contributed by atoms with Gasteiger partial charge < -0.3 is 5.11 Å². The largest absolute Gasteiger partial charge is 0.481 e. The van der Waals surface area contributed by atoms with E-state index in [0.29, 0.717) is 6.42 Å². The van der Waals surface area contributed by atoms with Crippen LogP contribution in [-0.2, 0) is 17.9 Å². The molecule has 1 N–H and O–H groups in total. The molecule has 0 aliphatic carbocycles. The second-order valence-electron chi connectivity index (χ2n) is 5.14. The highest BCUT2D eigenvalue weighted by molar-refractivity contribution is 5.89. The zero-order chi connectivity index (χ0) is 13.2. The molecule has 0 unspecified atom stereocenters. The molecule has 3 nitrogen and oxygen atoms in total. The van der Waals surface area contributed by atoms with Crippen molar-refractivity contribution < 1.29 is 9.90 Å². The second-order valence-corrected chi connectivity index (χ2v) is 5.14. The maximum atomic E-state index is 10.6. The maximum absolute atomic E-state index is 10.6. The average molecular weight is 255 g/mol. The summed E-state index contributed by atoms with van der Waals surface area (Å²) < 4.78 is 0. The number of hydrogen-bond donors (Lipinski definition) is 1. The van der Waals surface area contributed by atoms with E-state index in [-0.39, 0.29) is 6.42 Å². The maximum Gasteiger partial charge on any atom is 0.303 e. The third-order valence-corrected chi connectivity index (χ3v) is 3.73. The number of carboxylic acid groups (broad SMARTS) is 1. The van der Waals surface area contributed by atoms with E-state index in [0.717, 1.165) is 19.6 Å². The second kappa shape index (κ2) is 5.02. The molecule has 0 radical (unpaired) electrons. The Morgan fingerprint density at radius 2 is 1.74 bits per heavy atom. The van der Waals surface area contributed by atoms with E-state index in [2.05, 4.69) is 41.3 Å². The van der Waals surface area contributed by atoms with E-state index >= 15 is 0 Å². The molecular weight excluding hydrogens is 238 g/mol. The van der Waals surface area contributed by atoms with Crippen LogP contribution >= 0.6 is 0 Å². The summed E-state index contributed by atoms with van der Waals surface area (Å²) in [6.07, 6.45) is 0.968. The third-order valence-electron chi connectivity index (χ3n) is 3.73. The molecule has 1 aliphatic rings. The first-order chi connectivity index (χ1) is 9.24. The first-order valence-corrected chi connectivity index (χ1v) is 6.68. The topological polar surface area (TPSA) is 40.5 Å². The van der Waals surface area contributed by atoms with Crippen LogP contribution in [0.25, 0.3) is 10.8 Å². The Bertz CT molecular complexity index is 580. The summed E-state index contributed by atoms with van der Waals surface area (Å²) in [5, 5.41) is 11.4. The van der Waals surface area contributed by atoms with Crippen molar-refractivity contribution in [2.45, 2.75) is 25.9 Å². The summed E-state index contributed by atoms with van der Waals surface area (Å²) in [5.74, 6) is -0.709. The molecule has 0 amide bonds. The lowest BCUT2D eigenvalue weighted by Crippen LogP contribution is -2.27. The summed E-state index contributed by atoms with van der Waals surface area (Å²) in [5.41, 5.74) is 2.71. The van der Waals surface area contributed by atoms with Crippen LogP contribution in [0.4, 0.5) is 0 Å². The Labute approximate surface area is 112 Å². The molecule has 2 aromatic carbocycles. The van der Waals surface area contributed by atoms with E-state index in [1.54, 1.807) is 0 Å². The number of carbonyl (C=O) groups is 1. The number of aliphatic carboxylic acids is 1. The first-order valence-electron chi connectivity index (χ1n) is 6.68. The molecule has 1 heterocycles. The minimum Gasteiger partial charge on any atom is -0.481 e. The van der Waals surface area contributed by atoms with Gasteiger partial charge in [-0.1, -0.05) is 36.4 Å². The standard InChI is InChI=1S/C16H17NO2/c18-15(19)8-3-9-17-10-13-6-1-4-12-5-2-7-14(11-17)16(12)13/h1-2,4-7H,3,8-11H2,(H,18,19). The van der Waals surface area contributed by atoms with Gasteiger partial charge in [-0.3, -0.25) is 9.69 Å². The molecule has 0 atom stereocenters. The molecule has 0 fully saturated rings. The fourth-order valence-corrected chi connectivity index (χ4v) is 2.92. The van der Waals surface area contributed by atoms with Crippen LogP contribution in [0.2, 0.25) is 0 Å². The van der Waals surface area contributed by atoms with Crippen molar-refractivity contribution in [3.05, 3.63) is 47.5 Å². The molecule has 0 saturated heterocycles. The van der Waals surface area contributed by atoms with Gasteiger partial charge in [0.2, 0.25) is 0 Å². The first kappa shape index (κ1) is 12.2. The van der Waals surface area contributed by atoms with Gasteiger partial charge in [0.1, 0.15) is 0 Å². The van der Waals surface area contributed by atoms with Gasteiger partial charge in [0.15, 0.2) is 0 Å². The molecule has 0 bridgehead atoms. The molecule has 3 rings (SSSR count). The van der Waals surface area contributed by atoms with Gasteiger partial charge in [-0.2, -0.15) is 0 Å². The average Bonchev–Trinajstić information content (AvgIpc) is 2.39. The molecule has 19 heavy (non-hydrogen) atoms. The number of benzene rings is 2. The quantitative estimate of drug-likeness (QED) is 0.913. The highest BCUT2D eigenvalue weighted by atomic mass is 16.4. The SMILES string of the molecule is O=C(O)CCCN1Cc2cccc3cccc(c23)C1. The molecule has 0 aromatic heterocycles. The van der Waals surface area contributed by atoms with Crippen molar-refractivity contribution in [3.63, 3.8) is 0 Å². The minimum absolute atomic E-state index is 0.252. The fourth-order valence-electron chi connectivity index (χ4n) is 2.92. The lowest BCUT2D eigenvalue weighted by Gasteiger charge is -2.29. The van der Waals surface area contributed by atoms with Crippen LogP contribution in [0.3, 0.4) is 0 Å². The van der Waals surface area contributed by atoms with Crippen LogP contribution in [0.5, 0.6) is 0 Å². The van der Waals surface area contributed by atoms with Crippen molar-refractivity contribution in [1.82, 2.24) is 4.90 Å². The number of carboxylic acids is 1. The van der Waals surface area contributed by atoms with Crippen LogP contribution < -0.4 is 0 Å². The zero-order valence-corrected chi connectivity index (χ0v) is 10.8. The van der Waals surface area contributed by atoms with Crippen LogP contribution in [0.15, 0.2) is 36.4 Å². The Balaban J connectivity index is 1.81. The van der Waals surface area contributed by atoms with Crippen molar-refractivity contribution in [2.24, 2.45) is 0 Å². The summed E-state index contributed by atoms with van der Waals surface area (Å²) in [6, 6.07) is 12.9. The zero-order valence-electron chi connectivity index (χ0n) is 10.8. The monoisotopic (exact) mass is 255 g/mol. The van der Waals surface area contributed by atoms with Gasteiger partial charge >= 0.3 is 5.97 Å². The summed E-state index contributed by atoms with van der Waals surface area (Å²) in [6.45, 7) is 2.69. The van der Waals surface area contributed by atoms with Crippen molar-refractivity contribution in [3.8, 4) is 0 Å². The Hall–Kier alpha value is -1.87. The highest BCUT2D eigenvalue weighted by Crippen LogP contribution is 2.29. The van der Waals surface area contributed by atoms with Gasteiger partial charge in [0.25, 0.3) is 0 Å². The molecule has 1 aliphatic heterocycles. The smallest absolute Gasteiger partial charge is 0.303 e. The van der Waals surface area contributed by atoms with Gasteiger partial charge in [-0.05, 0) is 34.9 Å². The normalized spacial score (nSPS) is 14.7. The Morgan fingerprint density at radius 1 is 1.11 bits per heavy atom. The minimum atomic E-state index is -0.709. The van der Waals surface area contributed by atoms with E-state index in [9.17, 15) is 4.79 Å². The van der Waals surface area contributed by atoms with Crippen LogP contribution in [0.1, 0.15) is 24.0 Å². The van der Waals surface area contributed by atoms with Gasteiger partial charge in [-0.15, -0.1) is 0 Å².